The van der Waals surface area contributed by atoms with Gasteiger partial charge in [-0.2, -0.15) is 0 Å². The fraction of sp³-hybridized carbons (Fsp3) is 0.833. The molecule has 0 N–H and O–H groups in total. The lowest BCUT2D eigenvalue weighted by Gasteiger charge is -2.41. The molecule has 0 spiro atoms. The summed E-state index contributed by atoms with van der Waals surface area (Å²) in [6, 6.07) is 0. The molecule has 0 saturated carbocycles. The Morgan fingerprint density at radius 2 is 1.90 bits per heavy atom. The quantitative estimate of drug-likeness (QED) is 0.449. The molecule has 0 bridgehead atoms. The van der Waals surface area contributed by atoms with Crippen molar-refractivity contribution in [1.82, 2.24) is 0 Å². The first-order valence-corrected chi connectivity index (χ1v) is 11.3. The number of hydrogen-bond acceptors (Lipinski definition) is 1. The second kappa shape index (κ2) is 6.59. The molecular weight excluding hydrogens is 260 g/mol. The second-order valence-corrected chi connectivity index (χ2v) is 13.4. The van der Waals surface area contributed by atoms with Gasteiger partial charge in [-0.1, -0.05) is 71.3 Å². The van der Waals surface area contributed by atoms with Gasteiger partial charge in [0.15, 0.2) is 0 Å². The molecular formula is C18H34OSi. The largest absolute Gasteiger partial charge is 0.300 e. The van der Waals surface area contributed by atoms with E-state index in [1.807, 2.05) is 0 Å². The predicted molar refractivity (Wildman–Crippen MR) is 91.7 cm³/mol. The highest BCUT2D eigenvalue weighted by molar-refractivity contribution is 6.86. The van der Waals surface area contributed by atoms with Crippen molar-refractivity contribution in [1.29, 1.82) is 0 Å². The van der Waals surface area contributed by atoms with Gasteiger partial charge in [-0.05, 0) is 30.7 Å². The molecule has 1 aliphatic carbocycles. The first kappa shape index (κ1) is 17.7. The molecule has 2 heteroatoms. The summed E-state index contributed by atoms with van der Waals surface area (Å²) in [4.78, 5) is 12.0. The van der Waals surface area contributed by atoms with Crippen LogP contribution >= 0.6 is 0 Å². The number of carbonyl (C=O) groups is 1. The van der Waals surface area contributed by atoms with Crippen molar-refractivity contribution < 1.29 is 4.79 Å². The van der Waals surface area contributed by atoms with Crippen molar-refractivity contribution in [2.75, 3.05) is 0 Å². The van der Waals surface area contributed by atoms with E-state index in [0.29, 0.717) is 16.7 Å². The summed E-state index contributed by atoms with van der Waals surface area (Å²) in [6.07, 6.45) is 8.49. The van der Waals surface area contributed by atoms with E-state index in [4.69, 9.17) is 0 Å². The first-order valence-electron chi connectivity index (χ1n) is 8.34. The molecule has 1 rings (SSSR count). The Morgan fingerprint density at radius 3 is 2.35 bits per heavy atom. The predicted octanol–water partition coefficient (Wildman–Crippen LogP) is 5.77. The van der Waals surface area contributed by atoms with Crippen molar-refractivity contribution in [3.8, 4) is 0 Å². The summed E-state index contributed by atoms with van der Waals surface area (Å²) >= 11 is 0. The Balaban J connectivity index is 2.96. The van der Waals surface area contributed by atoms with Gasteiger partial charge in [0.2, 0.25) is 0 Å². The Labute approximate surface area is 127 Å². The topological polar surface area (TPSA) is 17.1 Å². The summed E-state index contributed by atoms with van der Waals surface area (Å²) in [5, 5.41) is 2.05. The third kappa shape index (κ3) is 3.63. The van der Waals surface area contributed by atoms with Gasteiger partial charge in [-0.25, -0.2) is 0 Å². The van der Waals surface area contributed by atoms with Gasteiger partial charge < -0.3 is 0 Å². The van der Waals surface area contributed by atoms with Crippen molar-refractivity contribution in [3.05, 3.63) is 11.3 Å². The number of allylic oxidation sites excluding steroid dienone is 2. The summed E-state index contributed by atoms with van der Waals surface area (Å²) in [7, 11) is -1.47. The third-order valence-corrected chi connectivity index (χ3v) is 11.5. The summed E-state index contributed by atoms with van der Waals surface area (Å²) < 4.78 is 0. The Hall–Kier alpha value is -0.373. The van der Waals surface area contributed by atoms with E-state index in [2.05, 4.69) is 46.9 Å². The number of unbranched alkanes of at least 4 members (excludes halogenated alkanes) is 2. The van der Waals surface area contributed by atoms with Gasteiger partial charge in [-0.3, -0.25) is 4.79 Å². The lowest BCUT2D eigenvalue weighted by atomic mass is 9.88. The molecule has 2 atom stereocenters. The molecule has 0 saturated heterocycles. The zero-order chi connectivity index (χ0) is 15.6. The SMILES string of the molecule is CCCCC[C@H]1C([Si](C)(C)C(C)(C)C)=CC[C@H]1C(C)=O. The van der Waals surface area contributed by atoms with Crippen LogP contribution in [0.3, 0.4) is 0 Å². The third-order valence-electron chi connectivity index (χ3n) is 5.71. The highest BCUT2D eigenvalue weighted by Crippen LogP contribution is 2.49. The van der Waals surface area contributed by atoms with Gasteiger partial charge in [0, 0.05) is 5.92 Å². The van der Waals surface area contributed by atoms with E-state index in [0.717, 1.165) is 6.42 Å². The molecule has 0 unspecified atom stereocenters. The monoisotopic (exact) mass is 294 g/mol. The number of rotatable bonds is 6. The molecule has 0 radical (unpaired) electrons. The van der Waals surface area contributed by atoms with Crippen LogP contribution in [0.4, 0.5) is 0 Å². The lowest BCUT2D eigenvalue weighted by Crippen LogP contribution is -2.42. The van der Waals surface area contributed by atoms with Crippen LogP contribution in [-0.4, -0.2) is 13.9 Å². The molecule has 116 valence electrons. The number of Topliss-reactive ketones (excluding diaryl/α,β-unsaturated/α-hetero) is 1. The molecule has 1 aliphatic rings. The van der Waals surface area contributed by atoms with E-state index in [9.17, 15) is 4.79 Å². The van der Waals surface area contributed by atoms with Crippen LogP contribution in [0.5, 0.6) is 0 Å². The summed E-state index contributed by atoms with van der Waals surface area (Å²) in [5.74, 6) is 1.22. The molecule has 0 aromatic carbocycles. The summed E-state index contributed by atoms with van der Waals surface area (Å²) in [5.41, 5.74) is 0. The van der Waals surface area contributed by atoms with Crippen LogP contribution in [-0.2, 0) is 4.79 Å². The van der Waals surface area contributed by atoms with Gasteiger partial charge in [0.1, 0.15) is 5.78 Å². The average Bonchev–Trinajstić information content (AvgIpc) is 2.72. The van der Waals surface area contributed by atoms with Crippen molar-refractivity contribution in [2.45, 2.75) is 84.9 Å². The van der Waals surface area contributed by atoms with E-state index in [-0.39, 0.29) is 5.92 Å². The van der Waals surface area contributed by atoms with Crippen molar-refractivity contribution >= 4 is 13.9 Å². The van der Waals surface area contributed by atoms with Crippen molar-refractivity contribution in [3.63, 3.8) is 0 Å². The van der Waals surface area contributed by atoms with Gasteiger partial charge in [-0.15, -0.1) is 0 Å². The lowest BCUT2D eigenvalue weighted by molar-refractivity contribution is -0.121. The number of carbonyl (C=O) groups excluding carboxylic acids is 1. The van der Waals surface area contributed by atoms with Crippen LogP contribution in [0.2, 0.25) is 18.1 Å². The fourth-order valence-electron chi connectivity index (χ4n) is 3.36. The van der Waals surface area contributed by atoms with Gasteiger partial charge in [0.25, 0.3) is 0 Å². The highest BCUT2D eigenvalue weighted by atomic mass is 28.3. The summed E-state index contributed by atoms with van der Waals surface area (Å²) in [6.45, 7) is 16.2. The van der Waals surface area contributed by atoms with Crippen LogP contribution in [0.15, 0.2) is 11.3 Å². The average molecular weight is 295 g/mol. The molecule has 1 nitrogen and oxygen atoms in total. The minimum absolute atomic E-state index is 0.274. The maximum Gasteiger partial charge on any atom is 0.133 e. The fourth-order valence-corrected chi connectivity index (χ4v) is 6.12. The van der Waals surface area contributed by atoms with E-state index >= 15 is 0 Å². The molecule has 0 aromatic heterocycles. The molecule has 0 heterocycles. The van der Waals surface area contributed by atoms with Gasteiger partial charge >= 0.3 is 0 Å². The van der Waals surface area contributed by atoms with Crippen LogP contribution in [0.25, 0.3) is 0 Å². The minimum Gasteiger partial charge on any atom is -0.300 e. The van der Waals surface area contributed by atoms with Crippen LogP contribution < -0.4 is 0 Å². The maximum absolute atomic E-state index is 12.0. The minimum atomic E-state index is -1.47. The second-order valence-electron chi connectivity index (χ2n) is 8.09. The number of hydrogen-bond donors (Lipinski definition) is 0. The zero-order valence-corrected chi connectivity index (χ0v) is 15.7. The molecule has 0 aliphatic heterocycles. The smallest absolute Gasteiger partial charge is 0.133 e. The Morgan fingerprint density at radius 1 is 1.30 bits per heavy atom. The van der Waals surface area contributed by atoms with E-state index in [1.54, 1.807) is 12.1 Å². The Bertz CT molecular complexity index is 373. The molecule has 20 heavy (non-hydrogen) atoms. The molecule has 0 aromatic rings. The molecule has 0 fully saturated rings. The normalized spacial score (nSPS) is 23.9. The Kier molecular flexibility index (Phi) is 5.83. The van der Waals surface area contributed by atoms with E-state index in [1.165, 1.54) is 25.7 Å². The van der Waals surface area contributed by atoms with Crippen molar-refractivity contribution in [2.24, 2.45) is 11.8 Å². The van der Waals surface area contributed by atoms with Gasteiger partial charge in [0.05, 0.1) is 8.07 Å². The van der Waals surface area contributed by atoms with Crippen LogP contribution in [0, 0.1) is 11.8 Å². The zero-order valence-electron chi connectivity index (χ0n) is 14.7. The number of ketones is 1. The van der Waals surface area contributed by atoms with Crippen LogP contribution in [0.1, 0.15) is 66.7 Å². The van der Waals surface area contributed by atoms with E-state index < -0.39 is 8.07 Å². The first-order chi connectivity index (χ1) is 9.13. The standard InChI is InChI=1S/C18H34OSi/c1-8-9-10-11-16-15(14(2)19)12-13-17(16)20(6,7)18(3,4)5/h13,15-16H,8-12H2,1-7H3/t15-,16+/m0/s1. The highest BCUT2D eigenvalue weighted by Gasteiger charge is 2.45. The molecule has 0 amide bonds. The maximum atomic E-state index is 12.0.